The van der Waals surface area contributed by atoms with E-state index < -0.39 is 0 Å². The van der Waals surface area contributed by atoms with E-state index in [9.17, 15) is 0 Å². The summed E-state index contributed by atoms with van der Waals surface area (Å²) in [6, 6.07) is 27.0. The van der Waals surface area contributed by atoms with Crippen LogP contribution in [0.4, 0.5) is 0 Å². The summed E-state index contributed by atoms with van der Waals surface area (Å²) in [6.45, 7) is 4.52. The van der Waals surface area contributed by atoms with Gasteiger partial charge in [-0.05, 0) is 29.8 Å². The van der Waals surface area contributed by atoms with Crippen LogP contribution in [0.5, 0.6) is 11.5 Å². The summed E-state index contributed by atoms with van der Waals surface area (Å²) < 4.78 is 11.7. The molecule has 0 amide bonds. The van der Waals surface area contributed by atoms with E-state index in [1.807, 2.05) is 78.9 Å². The van der Waals surface area contributed by atoms with Crippen molar-refractivity contribution in [1.82, 2.24) is 0 Å². The summed E-state index contributed by atoms with van der Waals surface area (Å²) in [7, 11) is 1.52. The molecule has 0 aliphatic heterocycles. The van der Waals surface area contributed by atoms with Gasteiger partial charge in [0.05, 0.1) is 0 Å². The molecule has 7 nitrogen and oxygen atoms in total. The third-order valence-corrected chi connectivity index (χ3v) is 4.45. The van der Waals surface area contributed by atoms with Gasteiger partial charge in [-0.3, -0.25) is 0 Å². The summed E-state index contributed by atoms with van der Waals surface area (Å²) in [4.78, 5) is 12.2. The van der Waals surface area contributed by atoms with Crippen LogP contribution in [0.2, 0.25) is 0 Å². The van der Waals surface area contributed by atoms with Crippen LogP contribution in [-0.4, -0.2) is 19.4 Å². The molecule has 3 aromatic rings. The van der Waals surface area contributed by atoms with Crippen molar-refractivity contribution in [3.63, 3.8) is 0 Å². The summed E-state index contributed by atoms with van der Waals surface area (Å²) in [5, 5.41) is 13.0. The molecule has 1 unspecified atom stereocenters. The Morgan fingerprint density at radius 1 is 0.970 bits per heavy atom. The van der Waals surface area contributed by atoms with E-state index in [0.29, 0.717) is 13.2 Å². The van der Waals surface area contributed by atoms with Gasteiger partial charge in [0.25, 0.3) is 0 Å². The molecule has 0 N–H and O–H groups in total. The van der Waals surface area contributed by atoms with Crippen molar-refractivity contribution in [2.24, 2.45) is 5.16 Å². The number of oxime groups is 1. The van der Waals surface area contributed by atoms with Gasteiger partial charge in [0.2, 0.25) is 0 Å². The number of hydrogen-bond donors (Lipinski definition) is 0. The Hall–Kier alpha value is -3.13. The summed E-state index contributed by atoms with van der Waals surface area (Å²) in [6.07, 6.45) is 0. The third-order valence-electron chi connectivity index (χ3n) is 4.45. The summed E-state index contributed by atoms with van der Waals surface area (Å²) >= 11 is 0. The minimum atomic E-state index is -0.372. The first-order valence-corrected chi connectivity index (χ1v) is 9.70. The van der Waals surface area contributed by atoms with Gasteiger partial charge in [-0.1, -0.05) is 71.2 Å². The van der Waals surface area contributed by atoms with Crippen molar-refractivity contribution in [2.45, 2.75) is 12.5 Å². The van der Waals surface area contributed by atoms with Crippen LogP contribution in [-0.2, 0) is 11.4 Å². The summed E-state index contributed by atoms with van der Waals surface area (Å²) in [5.74, 6) is 1.11. The SMILES string of the molecule is [CH2-]C(C#N)c1ccc(OCc2ccc(OC/C(=N\OC)c3ccccc3)cc2)cc1.[N-]=O.[U+2]. The van der Waals surface area contributed by atoms with E-state index in [2.05, 4.69) is 18.1 Å². The van der Waals surface area contributed by atoms with Crippen LogP contribution in [0, 0.1) is 54.3 Å². The molecular weight excluding hydrogens is 644 g/mol. The molecule has 0 radical (unpaired) electrons. The zero-order chi connectivity index (χ0) is 23.2. The molecule has 0 aliphatic carbocycles. The number of rotatable bonds is 9. The maximum absolute atomic E-state index is 8.92. The fourth-order valence-corrected chi connectivity index (χ4v) is 2.77. The van der Waals surface area contributed by atoms with Gasteiger partial charge < -0.3 is 31.7 Å². The largest absolute Gasteiger partial charge is 2.00 e. The van der Waals surface area contributed by atoms with Crippen molar-refractivity contribution >= 4 is 5.71 Å². The van der Waals surface area contributed by atoms with Crippen LogP contribution in [0.25, 0.3) is 5.59 Å². The molecule has 8 heteroatoms. The molecule has 3 rings (SSSR count). The number of nitrogens with zero attached hydrogens (tertiary/aromatic N) is 3. The molecule has 0 aromatic heterocycles. The van der Waals surface area contributed by atoms with Crippen molar-refractivity contribution in [3.8, 4) is 17.6 Å². The predicted molar refractivity (Wildman–Crippen MR) is 123 cm³/mol. The first-order valence-electron chi connectivity index (χ1n) is 9.70. The number of nitriles is 1. The maximum atomic E-state index is 8.92. The normalized spacial score (nSPS) is 11.0. The Kier molecular flexibility index (Phi) is 13.2. The van der Waals surface area contributed by atoms with E-state index in [0.717, 1.165) is 33.9 Å². The van der Waals surface area contributed by atoms with Gasteiger partial charge in [-0.25, -0.2) is 5.26 Å². The van der Waals surface area contributed by atoms with Gasteiger partial charge >= 0.3 is 31.1 Å². The Bertz CT molecular complexity index is 1020. The zero-order valence-electron chi connectivity index (χ0n) is 18.2. The topological polar surface area (TPSA) is 103 Å². The molecule has 0 spiro atoms. The average molecular weight is 668 g/mol. The number of nitroso groups, excluding NO2 is 1. The van der Waals surface area contributed by atoms with Crippen LogP contribution < -0.4 is 9.47 Å². The number of hydrogen-bond acceptors (Lipinski definition) is 6. The maximum Gasteiger partial charge on any atom is 2.00 e. The molecule has 0 fully saturated rings. The van der Waals surface area contributed by atoms with E-state index in [4.69, 9.17) is 30.1 Å². The van der Waals surface area contributed by atoms with Crippen molar-refractivity contribution in [1.29, 1.82) is 5.26 Å². The molecule has 1 atom stereocenters. The van der Waals surface area contributed by atoms with Crippen LogP contribution in [0.1, 0.15) is 22.6 Å². The predicted octanol–water partition coefficient (Wildman–Crippen LogP) is 5.46. The molecule has 0 saturated carbocycles. The molecule has 0 bridgehead atoms. The van der Waals surface area contributed by atoms with Crippen molar-refractivity contribution < 1.29 is 45.4 Å². The van der Waals surface area contributed by atoms with Gasteiger partial charge in [0, 0.05) is 11.6 Å². The standard InChI is InChI=1S/C25H23N2O3.NO.U/c1-19(16-26)21-10-14-24(15-11-21)29-17-20-8-12-23(13-9-20)30-18-25(27-28-2)22-6-4-3-5-7-22;1-2;/h3-15,19H,1,17-18H2,2H3;;/q2*-1;+2/b27-25+;;. The van der Waals surface area contributed by atoms with E-state index in [1.165, 1.54) is 7.11 Å². The Morgan fingerprint density at radius 3 is 2.12 bits per heavy atom. The van der Waals surface area contributed by atoms with Gasteiger partial charge in [-0.15, -0.1) is 0 Å². The fourth-order valence-electron chi connectivity index (χ4n) is 2.77. The Balaban J connectivity index is 0.00000177. The van der Waals surface area contributed by atoms with E-state index >= 15 is 0 Å². The third kappa shape index (κ3) is 9.10. The quantitative estimate of drug-likeness (QED) is 0.171. The smallest absolute Gasteiger partial charge is 0.577 e. The van der Waals surface area contributed by atoms with Crippen LogP contribution in [0.3, 0.4) is 0 Å². The first kappa shape index (κ1) is 27.9. The van der Waals surface area contributed by atoms with Gasteiger partial charge in [0.1, 0.15) is 37.5 Å². The van der Waals surface area contributed by atoms with E-state index in [1.54, 1.807) is 0 Å². The second kappa shape index (κ2) is 15.6. The molecule has 0 heterocycles. The molecule has 33 heavy (non-hydrogen) atoms. The second-order valence-corrected chi connectivity index (χ2v) is 6.56. The molecular formula is C25H23N3O4U. The van der Waals surface area contributed by atoms with Crippen LogP contribution in [0.15, 0.2) is 84.0 Å². The average Bonchev–Trinajstić information content (AvgIpc) is 2.87. The Labute approximate surface area is 217 Å². The summed E-state index contributed by atoms with van der Waals surface area (Å²) in [5.41, 5.74) is 9.32. The first-order chi connectivity index (χ1) is 15.7. The van der Waals surface area contributed by atoms with E-state index in [-0.39, 0.29) is 37.0 Å². The van der Waals surface area contributed by atoms with Gasteiger partial charge in [-0.2, -0.15) is 0 Å². The molecule has 0 saturated heterocycles. The van der Waals surface area contributed by atoms with Crippen LogP contribution >= 0.6 is 0 Å². The molecule has 166 valence electrons. The number of benzene rings is 3. The van der Waals surface area contributed by atoms with Crippen molar-refractivity contribution in [3.05, 3.63) is 113 Å². The fraction of sp³-hybridized carbons (Fsp3) is 0.160. The second-order valence-electron chi connectivity index (χ2n) is 6.56. The number of ether oxygens (including phenoxy) is 2. The van der Waals surface area contributed by atoms with Crippen molar-refractivity contribution in [2.75, 3.05) is 13.7 Å². The minimum absolute atomic E-state index is 0. The monoisotopic (exact) mass is 667 g/mol. The van der Waals surface area contributed by atoms with Gasteiger partial charge in [0.15, 0.2) is 0 Å². The Morgan fingerprint density at radius 2 is 1.55 bits per heavy atom. The molecule has 0 aliphatic rings. The minimum Gasteiger partial charge on any atom is -0.577 e. The zero-order valence-corrected chi connectivity index (χ0v) is 22.3. The molecule has 3 aromatic carbocycles.